The fraction of sp³-hybridized carbons (Fsp3) is 0.143. The van der Waals surface area contributed by atoms with Crippen molar-refractivity contribution in [2.45, 2.75) is 13.5 Å². The summed E-state index contributed by atoms with van der Waals surface area (Å²) in [5.41, 5.74) is 4.13. The molecule has 1 aromatic heterocycles. The Labute approximate surface area is 114 Å². The van der Waals surface area contributed by atoms with E-state index in [1.165, 1.54) is 0 Å². The molecule has 3 nitrogen and oxygen atoms in total. The molecular weight excluding hydrogens is 292 g/mol. The van der Waals surface area contributed by atoms with Gasteiger partial charge in [0.05, 0.1) is 11.3 Å². The molecule has 0 saturated heterocycles. The molecule has 1 aliphatic heterocycles. The molecule has 0 fully saturated rings. The third-order valence-corrected chi connectivity index (χ3v) is 3.83. The Morgan fingerprint density at radius 3 is 3.11 bits per heavy atom. The smallest absolute Gasteiger partial charge is 0.223 e. The summed E-state index contributed by atoms with van der Waals surface area (Å²) >= 11 is 3.50. The Hall–Kier alpha value is -1.68. The molecule has 0 spiro atoms. The minimum absolute atomic E-state index is 0.573. The van der Waals surface area contributed by atoms with Gasteiger partial charge in [-0.05, 0) is 30.7 Å². The highest BCUT2D eigenvalue weighted by atomic mass is 79.9. The summed E-state index contributed by atoms with van der Waals surface area (Å²) < 4.78 is 6.67. The first-order valence-corrected chi connectivity index (χ1v) is 6.45. The van der Waals surface area contributed by atoms with Gasteiger partial charge in [-0.15, -0.1) is 0 Å². The van der Waals surface area contributed by atoms with Crippen LogP contribution in [0.5, 0.6) is 0 Å². The van der Waals surface area contributed by atoms with Crippen LogP contribution in [-0.4, -0.2) is 10.9 Å². The Bertz CT molecular complexity index is 637. The van der Waals surface area contributed by atoms with Crippen molar-refractivity contribution >= 4 is 27.5 Å². The predicted octanol–water partition coefficient (Wildman–Crippen LogP) is 3.76. The zero-order valence-electron chi connectivity index (χ0n) is 9.85. The molecule has 2 heterocycles. The standard InChI is InChI=1S/C14H11BrN2O/c1-9-12(15)3-2-4-13(9)17-14-11-7-16-6-5-10(11)8-18-14/h2-7H,8H2,1H3/b17-14-. The molecule has 4 heteroatoms. The van der Waals surface area contributed by atoms with Crippen molar-refractivity contribution in [3.05, 3.63) is 57.8 Å². The van der Waals surface area contributed by atoms with Gasteiger partial charge in [0.1, 0.15) is 6.61 Å². The lowest BCUT2D eigenvalue weighted by Gasteiger charge is -2.04. The summed E-state index contributed by atoms with van der Waals surface area (Å²) in [5.74, 6) is 0.652. The number of ether oxygens (including phenoxy) is 1. The van der Waals surface area contributed by atoms with E-state index in [2.05, 4.69) is 25.9 Å². The molecule has 0 N–H and O–H groups in total. The minimum Gasteiger partial charge on any atom is -0.472 e. The van der Waals surface area contributed by atoms with Crippen LogP contribution in [0, 0.1) is 6.92 Å². The highest BCUT2D eigenvalue weighted by Crippen LogP contribution is 2.28. The average Bonchev–Trinajstić information content (AvgIpc) is 2.79. The highest BCUT2D eigenvalue weighted by molar-refractivity contribution is 9.10. The van der Waals surface area contributed by atoms with Crippen LogP contribution >= 0.6 is 15.9 Å². The molecule has 0 saturated carbocycles. The Kier molecular flexibility index (Phi) is 2.88. The molecule has 2 aromatic rings. The first-order chi connectivity index (χ1) is 8.75. The molecule has 0 aliphatic carbocycles. The van der Waals surface area contributed by atoms with Gasteiger partial charge in [0.2, 0.25) is 5.90 Å². The summed E-state index contributed by atoms with van der Waals surface area (Å²) in [5, 5.41) is 0. The number of rotatable bonds is 1. The van der Waals surface area contributed by atoms with Crippen LogP contribution in [0.25, 0.3) is 0 Å². The molecule has 0 bridgehead atoms. The van der Waals surface area contributed by atoms with Crippen LogP contribution in [0.1, 0.15) is 16.7 Å². The van der Waals surface area contributed by atoms with E-state index in [1.807, 2.05) is 31.2 Å². The zero-order valence-corrected chi connectivity index (χ0v) is 11.4. The lowest BCUT2D eigenvalue weighted by molar-refractivity contribution is 0.313. The first-order valence-electron chi connectivity index (χ1n) is 5.65. The van der Waals surface area contributed by atoms with Gasteiger partial charge in [0, 0.05) is 22.4 Å². The van der Waals surface area contributed by atoms with Crippen LogP contribution in [0.15, 0.2) is 46.1 Å². The van der Waals surface area contributed by atoms with Gasteiger partial charge in [-0.3, -0.25) is 4.98 Å². The number of hydrogen-bond donors (Lipinski definition) is 0. The summed E-state index contributed by atoms with van der Waals surface area (Å²) in [6, 6.07) is 7.91. The summed E-state index contributed by atoms with van der Waals surface area (Å²) in [6.45, 7) is 2.60. The van der Waals surface area contributed by atoms with E-state index >= 15 is 0 Å². The Morgan fingerprint density at radius 2 is 2.22 bits per heavy atom. The van der Waals surface area contributed by atoms with Gasteiger partial charge in [0.25, 0.3) is 0 Å². The van der Waals surface area contributed by atoms with Gasteiger partial charge < -0.3 is 4.74 Å². The molecule has 1 aromatic carbocycles. The van der Waals surface area contributed by atoms with Gasteiger partial charge in [-0.25, -0.2) is 4.99 Å². The van der Waals surface area contributed by atoms with E-state index in [4.69, 9.17) is 4.74 Å². The zero-order chi connectivity index (χ0) is 12.5. The van der Waals surface area contributed by atoms with Crippen molar-refractivity contribution in [1.29, 1.82) is 0 Å². The van der Waals surface area contributed by atoms with Crippen LogP contribution in [0.2, 0.25) is 0 Å². The Morgan fingerprint density at radius 1 is 1.33 bits per heavy atom. The quantitative estimate of drug-likeness (QED) is 0.804. The molecule has 0 unspecified atom stereocenters. The number of aliphatic imine (C=N–C) groups is 1. The van der Waals surface area contributed by atoms with Gasteiger partial charge in [-0.1, -0.05) is 22.0 Å². The second-order valence-electron chi connectivity index (χ2n) is 4.12. The summed E-state index contributed by atoms with van der Waals surface area (Å²) in [7, 11) is 0. The van der Waals surface area contributed by atoms with E-state index in [9.17, 15) is 0 Å². The van der Waals surface area contributed by atoms with Crippen molar-refractivity contribution in [1.82, 2.24) is 4.98 Å². The summed E-state index contributed by atoms with van der Waals surface area (Å²) in [4.78, 5) is 8.70. The van der Waals surface area contributed by atoms with Crippen molar-refractivity contribution in [2.75, 3.05) is 0 Å². The van der Waals surface area contributed by atoms with Crippen LogP contribution in [0.4, 0.5) is 5.69 Å². The first kappa shape index (κ1) is 11.4. The van der Waals surface area contributed by atoms with E-state index in [-0.39, 0.29) is 0 Å². The molecule has 1 aliphatic rings. The predicted molar refractivity (Wildman–Crippen MR) is 74.1 cm³/mol. The van der Waals surface area contributed by atoms with E-state index in [1.54, 1.807) is 12.4 Å². The van der Waals surface area contributed by atoms with Crippen LogP contribution < -0.4 is 0 Å². The molecule has 18 heavy (non-hydrogen) atoms. The second-order valence-corrected chi connectivity index (χ2v) is 4.98. The number of aromatic nitrogens is 1. The maximum absolute atomic E-state index is 5.62. The molecule has 3 rings (SSSR count). The third-order valence-electron chi connectivity index (χ3n) is 2.97. The number of halogens is 1. The number of pyridine rings is 1. The number of nitrogens with zero attached hydrogens (tertiary/aromatic N) is 2. The fourth-order valence-corrected chi connectivity index (χ4v) is 2.24. The molecule has 0 radical (unpaired) electrons. The van der Waals surface area contributed by atoms with Crippen LogP contribution in [0.3, 0.4) is 0 Å². The molecule has 0 amide bonds. The number of hydrogen-bond acceptors (Lipinski definition) is 3. The monoisotopic (exact) mass is 302 g/mol. The highest BCUT2D eigenvalue weighted by Gasteiger charge is 2.19. The van der Waals surface area contributed by atoms with Crippen molar-refractivity contribution in [3.63, 3.8) is 0 Å². The number of fused-ring (bicyclic) bond motifs is 1. The SMILES string of the molecule is Cc1c(Br)cccc1/N=C1\OCc2ccncc21. The largest absolute Gasteiger partial charge is 0.472 e. The average molecular weight is 303 g/mol. The topological polar surface area (TPSA) is 34.5 Å². The fourth-order valence-electron chi connectivity index (χ4n) is 1.88. The van der Waals surface area contributed by atoms with Crippen molar-refractivity contribution < 1.29 is 4.74 Å². The lowest BCUT2D eigenvalue weighted by Crippen LogP contribution is -1.97. The van der Waals surface area contributed by atoms with Crippen LogP contribution in [-0.2, 0) is 11.3 Å². The molecular formula is C14H11BrN2O. The maximum atomic E-state index is 5.62. The molecule has 90 valence electrons. The second kappa shape index (κ2) is 4.53. The van der Waals surface area contributed by atoms with E-state index < -0.39 is 0 Å². The molecule has 0 atom stereocenters. The van der Waals surface area contributed by atoms with Gasteiger partial charge in [0.15, 0.2) is 0 Å². The summed E-state index contributed by atoms with van der Waals surface area (Å²) in [6.07, 6.45) is 3.57. The van der Waals surface area contributed by atoms with E-state index in [0.717, 1.165) is 26.9 Å². The van der Waals surface area contributed by atoms with Gasteiger partial charge >= 0.3 is 0 Å². The number of benzene rings is 1. The van der Waals surface area contributed by atoms with Crippen molar-refractivity contribution in [3.8, 4) is 0 Å². The third kappa shape index (κ3) is 1.93. The lowest BCUT2D eigenvalue weighted by atomic mass is 10.2. The van der Waals surface area contributed by atoms with Crippen molar-refractivity contribution in [2.24, 2.45) is 4.99 Å². The maximum Gasteiger partial charge on any atom is 0.223 e. The Balaban J connectivity index is 2.07. The minimum atomic E-state index is 0.573. The van der Waals surface area contributed by atoms with E-state index in [0.29, 0.717) is 12.5 Å². The van der Waals surface area contributed by atoms with Gasteiger partial charge in [-0.2, -0.15) is 0 Å². The normalized spacial score (nSPS) is 15.6.